The molecular weight excluding hydrogens is 358 g/mol. The summed E-state index contributed by atoms with van der Waals surface area (Å²) in [5.41, 5.74) is 2.49. The third-order valence-corrected chi connectivity index (χ3v) is 3.64. The number of benzene rings is 2. The fourth-order valence-electron chi connectivity index (χ4n) is 2.32. The summed E-state index contributed by atoms with van der Waals surface area (Å²) in [5.74, 6) is 0.190. The summed E-state index contributed by atoms with van der Waals surface area (Å²) in [4.78, 5) is 23.7. The molecule has 0 bridgehead atoms. The van der Waals surface area contributed by atoms with Gasteiger partial charge in [-0.25, -0.2) is 4.79 Å². The van der Waals surface area contributed by atoms with Crippen molar-refractivity contribution in [2.45, 2.75) is 26.9 Å². The van der Waals surface area contributed by atoms with Gasteiger partial charge in [-0.15, -0.1) is 0 Å². The van der Waals surface area contributed by atoms with E-state index in [1.54, 1.807) is 43.5 Å². The van der Waals surface area contributed by atoms with Crippen LogP contribution in [-0.4, -0.2) is 31.7 Å². The molecule has 148 valence electrons. The monoisotopic (exact) mass is 383 g/mol. The van der Waals surface area contributed by atoms with E-state index in [2.05, 4.69) is 5.32 Å². The second-order valence-electron chi connectivity index (χ2n) is 6.43. The molecule has 0 heterocycles. The highest BCUT2D eigenvalue weighted by molar-refractivity contribution is 5.94. The zero-order chi connectivity index (χ0) is 20.5. The van der Waals surface area contributed by atoms with E-state index in [9.17, 15) is 9.59 Å². The Morgan fingerprint density at radius 2 is 1.79 bits per heavy atom. The number of nitrogens with one attached hydrogen (secondary N) is 1. The molecule has 0 saturated heterocycles. The third-order valence-electron chi connectivity index (χ3n) is 3.64. The summed E-state index contributed by atoms with van der Waals surface area (Å²) in [7, 11) is 1.55. The van der Waals surface area contributed by atoms with Crippen molar-refractivity contribution in [1.82, 2.24) is 0 Å². The molecule has 0 aromatic heterocycles. The lowest BCUT2D eigenvalue weighted by atomic mass is 10.2. The normalized spacial score (nSPS) is 10.8. The maximum Gasteiger partial charge on any atom is 0.331 e. The van der Waals surface area contributed by atoms with E-state index >= 15 is 0 Å². The van der Waals surface area contributed by atoms with Crippen LogP contribution in [0, 0.1) is 6.92 Å². The van der Waals surface area contributed by atoms with Crippen molar-refractivity contribution < 1.29 is 23.8 Å². The van der Waals surface area contributed by atoms with Gasteiger partial charge in [0.25, 0.3) is 5.91 Å². The highest BCUT2D eigenvalue weighted by Gasteiger charge is 2.08. The Balaban J connectivity index is 1.87. The Morgan fingerprint density at radius 1 is 1.07 bits per heavy atom. The molecule has 1 N–H and O–H groups in total. The number of hydrogen-bond donors (Lipinski definition) is 1. The Bertz CT molecular complexity index is 841. The molecule has 0 atom stereocenters. The van der Waals surface area contributed by atoms with Gasteiger partial charge in [-0.05, 0) is 56.7 Å². The van der Waals surface area contributed by atoms with Crippen molar-refractivity contribution >= 4 is 23.6 Å². The predicted octanol–water partition coefficient (Wildman–Crippen LogP) is 3.99. The molecule has 0 radical (unpaired) electrons. The molecule has 0 saturated carbocycles. The average Bonchev–Trinajstić information content (AvgIpc) is 2.67. The number of methoxy groups -OCH3 is 1. The summed E-state index contributed by atoms with van der Waals surface area (Å²) < 4.78 is 15.9. The quantitative estimate of drug-likeness (QED) is 0.551. The van der Waals surface area contributed by atoms with E-state index in [-0.39, 0.29) is 12.7 Å². The van der Waals surface area contributed by atoms with Crippen LogP contribution in [0.2, 0.25) is 0 Å². The minimum absolute atomic E-state index is 0.0244. The van der Waals surface area contributed by atoms with Crippen LogP contribution in [-0.2, 0) is 14.3 Å². The van der Waals surface area contributed by atoms with Crippen LogP contribution in [0.3, 0.4) is 0 Å². The minimum Gasteiger partial charge on any atom is -0.493 e. The Kier molecular flexibility index (Phi) is 7.63. The molecule has 1 amide bonds. The number of esters is 1. The summed E-state index contributed by atoms with van der Waals surface area (Å²) in [6.07, 6.45) is 2.87. The van der Waals surface area contributed by atoms with E-state index in [4.69, 9.17) is 14.2 Å². The molecule has 28 heavy (non-hydrogen) atoms. The van der Waals surface area contributed by atoms with Gasteiger partial charge >= 0.3 is 5.97 Å². The van der Waals surface area contributed by atoms with Crippen molar-refractivity contribution in [3.63, 3.8) is 0 Å². The molecular formula is C22H25NO5. The Labute approximate surface area is 165 Å². The van der Waals surface area contributed by atoms with E-state index in [0.717, 1.165) is 11.1 Å². The van der Waals surface area contributed by atoms with Gasteiger partial charge in [-0.2, -0.15) is 0 Å². The van der Waals surface area contributed by atoms with Crippen molar-refractivity contribution in [2.24, 2.45) is 0 Å². The molecule has 2 aromatic carbocycles. The SMILES string of the molecule is COc1cc(/C=C/C(=O)OCC(=O)Nc2ccc(C)cc2)ccc1OC(C)C. The van der Waals surface area contributed by atoms with Crippen molar-refractivity contribution in [2.75, 3.05) is 19.0 Å². The lowest BCUT2D eigenvalue weighted by Gasteiger charge is -2.13. The molecule has 6 nitrogen and oxygen atoms in total. The lowest BCUT2D eigenvalue weighted by molar-refractivity contribution is -0.142. The van der Waals surface area contributed by atoms with Gasteiger partial charge in [0, 0.05) is 11.8 Å². The molecule has 0 unspecified atom stereocenters. The predicted molar refractivity (Wildman–Crippen MR) is 109 cm³/mol. The lowest BCUT2D eigenvalue weighted by Crippen LogP contribution is -2.20. The smallest absolute Gasteiger partial charge is 0.331 e. The van der Waals surface area contributed by atoms with Crippen molar-refractivity contribution in [3.8, 4) is 11.5 Å². The number of ether oxygens (including phenoxy) is 3. The third kappa shape index (κ3) is 6.79. The topological polar surface area (TPSA) is 73.9 Å². The van der Waals surface area contributed by atoms with Crippen LogP contribution in [0.25, 0.3) is 6.08 Å². The number of anilines is 1. The van der Waals surface area contributed by atoms with E-state index in [1.807, 2.05) is 32.9 Å². The van der Waals surface area contributed by atoms with Gasteiger partial charge in [-0.3, -0.25) is 4.79 Å². The minimum atomic E-state index is -0.611. The van der Waals surface area contributed by atoms with Gasteiger partial charge < -0.3 is 19.5 Å². The van der Waals surface area contributed by atoms with Gasteiger partial charge in [0.2, 0.25) is 0 Å². The van der Waals surface area contributed by atoms with Gasteiger partial charge in [-0.1, -0.05) is 23.8 Å². The molecule has 0 aliphatic rings. The van der Waals surface area contributed by atoms with Crippen LogP contribution in [0.1, 0.15) is 25.0 Å². The molecule has 0 spiro atoms. The molecule has 0 fully saturated rings. The van der Waals surface area contributed by atoms with Crippen molar-refractivity contribution in [3.05, 3.63) is 59.7 Å². The first-order chi connectivity index (χ1) is 13.4. The molecule has 6 heteroatoms. The highest BCUT2D eigenvalue weighted by atomic mass is 16.5. The number of rotatable bonds is 8. The van der Waals surface area contributed by atoms with Crippen LogP contribution in [0.15, 0.2) is 48.5 Å². The maximum absolute atomic E-state index is 11.8. The fraction of sp³-hybridized carbons (Fsp3) is 0.273. The fourth-order valence-corrected chi connectivity index (χ4v) is 2.32. The maximum atomic E-state index is 11.8. The standard InChI is InChI=1S/C22H25NO5/c1-15(2)28-19-11-7-17(13-20(19)26-4)8-12-22(25)27-14-21(24)23-18-9-5-16(3)6-10-18/h5-13,15H,14H2,1-4H3,(H,23,24)/b12-8+. The number of carbonyl (C=O) groups is 2. The first-order valence-corrected chi connectivity index (χ1v) is 8.93. The summed E-state index contributed by atoms with van der Waals surface area (Å²) in [6, 6.07) is 12.7. The van der Waals surface area contributed by atoms with E-state index < -0.39 is 11.9 Å². The largest absolute Gasteiger partial charge is 0.493 e. The number of carbonyl (C=O) groups excluding carboxylic acids is 2. The van der Waals surface area contributed by atoms with E-state index in [1.165, 1.54) is 6.08 Å². The summed E-state index contributed by atoms with van der Waals surface area (Å²) in [6.45, 7) is 5.46. The number of aryl methyl sites for hydroxylation is 1. The van der Waals surface area contributed by atoms with E-state index in [0.29, 0.717) is 17.2 Å². The molecule has 0 aliphatic carbocycles. The second-order valence-corrected chi connectivity index (χ2v) is 6.43. The number of amides is 1. The van der Waals surface area contributed by atoms with Gasteiger partial charge in [0.05, 0.1) is 13.2 Å². The zero-order valence-electron chi connectivity index (χ0n) is 16.5. The highest BCUT2D eigenvalue weighted by Crippen LogP contribution is 2.29. The summed E-state index contributed by atoms with van der Waals surface area (Å²) in [5, 5.41) is 2.66. The zero-order valence-corrected chi connectivity index (χ0v) is 16.5. The van der Waals surface area contributed by atoms with Crippen LogP contribution < -0.4 is 14.8 Å². The van der Waals surface area contributed by atoms with Crippen LogP contribution in [0.5, 0.6) is 11.5 Å². The molecule has 0 aliphatic heterocycles. The van der Waals surface area contributed by atoms with Crippen LogP contribution >= 0.6 is 0 Å². The van der Waals surface area contributed by atoms with Gasteiger partial charge in [0.15, 0.2) is 18.1 Å². The molecule has 2 rings (SSSR count). The average molecular weight is 383 g/mol. The Morgan fingerprint density at radius 3 is 2.43 bits per heavy atom. The van der Waals surface area contributed by atoms with Crippen LogP contribution in [0.4, 0.5) is 5.69 Å². The number of hydrogen-bond acceptors (Lipinski definition) is 5. The van der Waals surface area contributed by atoms with Gasteiger partial charge in [0.1, 0.15) is 0 Å². The second kappa shape index (κ2) is 10.2. The first-order valence-electron chi connectivity index (χ1n) is 8.93. The van der Waals surface area contributed by atoms with Crippen molar-refractivity contribution in [1.29, 1.82) is 0 Å². The first kappa shape index (κ1) is 21.0. The Hall–Kier alpha value is -3.28. The molecule has 2 aromatic rings. The summed E-state index contributed by atoms with van der Waals surface area (Å²) >= 11 is 0.